The molecule has 0 spiro atoms. The second-order valence-corrected chi connectivity index (χ2v) is 9.56. The smallest absolute Gasteiger partial charge is 0.143 e. The number of piperazine rings is 1. The van der Waals surface area contributed by atoms with Crippen LogP contribution in [0.25, 0.3) is 0 Å². The monoisotopic (exact) mass is 492 g/mol. The lowest BCUT2D eigenvalue weighted by atomic mass is 9.80. The van der Waals surface area contributed by atoms with Gasteiger partial charge in [0.2, 0.25) is 0 Å². The average Bonchev–Trinajstić information content (AvgIpc) is 2.99. The van der Waals surface area contributed by atoms with E-state index < -0.39 is 5.60 Å². The zero-order valence-corrected chi connectivity index (χ0v) is 21.3. The Kier molecular flexibility index (Phi) is 8.78. The van der Waals surface area contributed by atoms with Gasteiger partial charge in [-0.2, -0.15) is 0 Å². The number of ether oxygens (including phenoxy) is 2. The van der Waals surface area contributed by atoms with E-state index in [1.54, 1.807) is 0 Å². The molecule has 1 atom stereocenters. The summed E-state index contributed by atoms with van der Waals surface area (Å²) in [6.45, 7) is 5.93. The first-order valence-corrected chi connectivity index (χ1v) is 13.2. The first-order chi connectivity index (χ1) is 18.3. The van der Waals surface area contributed by atoms with Crippen molar-refractivity contribution < 1.29 is 9.47 Å². The second kappa shape index (κ2) is 12.8. The fraction of sp³-hybridized carbons (Fsp3) is 0.273. The quantitative estimate of drug-likeness (QED) is 0.281. The van der Waals surface area contributed by atoms with E-state index in [1.165, 1.54) is 5.56 Å². The molecule has 5 rings (SSSR count). The van der Waals surface area contributed by atoms with Crippen LogP contribution >= 0.6 is 0 Å². The molecular weight excluding hydrogens is 456 g/mol. The number of rotatable bonds is 11. The molecule has 1 aliphatic heterocycles. The summed E-state index contributed by atoms with van der Waals surface area (Å²) in [6.07, 6.45) is -0.0752. The van der Waals surface area contributed by atoms with E-state index in [1.807, 2.05) is 6.07 Å². The Labute approximate surface area is 220 Å². The van der Waals surface area contributed by atoms with Gasteiger partial charge in [0.05, 0.1) is 19.3 Å². The van der Waals surface area contributed by atoms with Crippen molar-refractivity contribution in [2.75, 3.05) is 39.3 Å². The van der Waals surface area contributed by atoms with Gasteiger partial charge in [-0.25, -0.2) is 0 Å². The van der Waals surface area contributed by atoms with Crippen LogP contribution in [0.4, 0.5) is 0 Å². The van der Waals surface area contributed by atoms with Gasteiger partial charge in [-0.3, -0.25) is 4.90 Å². The van der Waals surface area contributed by atoms with Crippen molar-refractivity contribution in [3.05, 3.63) is 144 Å². The summed E-state index contributed by atoms with van der Waals surface area (Å²) in [4.78, 5) is 2.48. The zero-order chi connectivity index (χ0) is 25.2. The molecule has 1 heterocycles. The fourth-order valence-electron chi connectivity index (χ4n) is 5.11. The zero-order valence-electron chi connectivity index (χ0n) is 21.3. The number of hydrogen-bond donors (Lipinski definition) is 1. The Bertz CT molecular complexity index is 1080. The van der Waals surface area contributed by atoms with E-state index in [-0.39, 0.29) is 6.10 Å². The maximum Gasteiger partial charge on any atom is 0.143 e. The third kappa shape index (κ3) is 6.35. The van der Waals surface area contributed by atoms with Gasteiger partial charge in [0.1, 0.15) is 5.60 Å². The summed E-state index contributed by atoms with van der Waals surface area (Å²) < 4.78 is 13.7. The predicted octanol–water partition coefficient (Wildman–Crippen LogP) is 5.49. The lowest BCUT2D eigenvalue weighted by Gasteiger charge is -2.38. The molecule has 0 aliphatic carbocycles. The lowest BCUT2D eigenvalue weighted by Crippen LogP contribution is -2.48. The van der Waals surface area contributed by atoms with Crippen LogP contribution in [-0.4, -0.2) is 50.3 Å². The summed E-state index contributed by atoms with van der Waals surface area (Å²) in [5.41, 5.74) is 3.75. The maximum atomic E-state index is 7.11. The fourth-order valence-corrected chi connectivity index (χ4v) is 5.11. The number of nitrogens with zero attached hydrogens (tertiary/aromatic N) is 1. The molecule has 190 valence electrons. The number of nitrogens with one attached hydrogen (secondary N) is 1. The van der Waals surface area contributed by atoms with E-state index in [9.17, 15) is 0 Å². The van der Waals surface area contributed by atoms with E-state index in [0.717, 1.165) is 49.4 Å². The van der Waals surface area contributed by atoms with Gasteiger partial charge >= 0.3 is 0 Å². The molecule has 37 heavy (non-hydrogen) atoms. The van der Waals surface area contributed by atoms with Gasteiger partial charge < -0.3 is 14.8 Å². The summed E-state index contributed by atoms with van der Waals surface area (Å²) in [7, 11) is 0. The molecule has 0 radical (unpaired) electrons. The van der Waals surface area contributed by atoms with Gasteiger partial charge in [-0.15, -0.1) is 0 Å². The minimum Gasteiger partial charge on any atom is -0.370 e. The Balaban J connectivity index is 1.47. The summed E-state index contributed by atoms with van der Waals surface area (Å²) in [5, 5.41) is 3.45. The maximum absolute atomic E-state index is 7.11. The highest BCUT2D eigenvalue weighted by Gasteiger charge is 2.38. The van der Waals surface area contributed by atoms with Crippen molar-refractivity contribution in [1.82, 2.24) is 10.2 Å². The van der Waals surface area contributed by atoms with Crippen LogP contribution in [0.1, 0.15) is 22.3 Å². The molecule has 4 nitrogen and oxygen atoms in total. The van der Waals surface area contributed by atoms with Gasteiger partial charge in [0, 0.05) is 32.7 Å². The van der Waals surface area contributed by atoms with Gasteiger partial charge in [-0.05, 0) is 22.3 Å². The molecule has 4 aromatic rings. The van der Waals surface area contributed by atoms with Crippen molar-refractivity contribution in [1.29, 1.82) is 0 Å². The third-order valence-electron chi connectivity index (χ3n) is 7.03. The molecule has 0 saturated carbocycles. The largest absolute Gasteiger partial charge is 0.370 e. The third-order valence-corrected chi connectivity index (χ3v) is 7.03. The van der Waals surface area contributed by atoms with Gasteiger partial charge in [0.15, 0.2) is 0 Å². The molecule has 0 aromatic heterocycles. The molecule has 1 N–H and O–H groups in total. The molecule has 4 heteroatoms. The van der Waals surface area contributed by atoms with Gasteiger partial charge in [0.25, 0.3) is 0 Å². The number of benzene rings is 4. The van der Waals surface area contributed by atoms with Gasteiger partial charge in [-0.1, -0.05) is 121 Å². The highest BCUT2D eigenvalue weighted by molar-refractivity contribution is 5.47. The molecule has 0 bridgehead atoms. The Morgan fingerprint density at radius 3 is 1.59 bits per heavy atom. The molecule has 1 fully saturated rings. The minimum absolute atomic E-state index is 0.0752. The Hall–Kier alpha value is -3.28. The van der Waals surface area contributed by atoms with E-state index in [2.05, 4.69) is 125 Å². The predicted molar refractivity (Wildman–Crippen MR) is 149 cm³/mol. The Morgan fingerprint density at radius 2 is 1.11 bits per heavy atom. The van der Waals surface area contributed by atoms with Crippen LogP contribution in [0.15, 0.2) is 121 Å². The SMILES string of the molecule is c1ccc(COC(COC(c2ccccc2)(c2ccccc2)c2ccccc2)CN2CCNCC2)cc1. The lowest BCUT2D eigenvalue weighted by molar-refractivity contribution is -0.0798. The Morgan fingerprint density at radius 1 is 0.649 bits per heavy atom. The summed E-state index contributed by atoms with van der Waals surface area (Å²) in [5.74, 6) is 0. The van der Waals surface area contributed by atoms with Crippen molar-refractivity contribution in [2.45, 2.75) is 18.3 Å². The highest BCUT2D eigenvalue weighted by Crippen LogP contribution is 2.40. The van der Waals surface area contributed by atoms with E-state index >= 15 is 0 Å². The van der Waals surface area contributed by atoms with Crippen LogP contribution in [0.3, 0.4) is 0 Å². The molecule has 4 aromatic carbocycles. The van der Waals surface area contributed by atoms with Crippen molar-refractivity contribution in [3.63, 3.8) is 0 Å². The first-order valence-electron chi connectivity index (χ1n) is 13.2. The second-order valence-electron chi connectivity index (χ2n) is 9.56. The summed E-state index contributed by atoms with van der Waals surface area (Å²) in [6, 6.07) is 42.1. The molecular formula is C33H36N2O2. The molecule has 1 aliphatic rings. The molecule has 1 saturated heterocycles. The average molecular weight is 493 g/mol. The van der Waals surface area contributed by atoms with Crippen LogP contribution in [0.5, 0.6) is 0 Å². The van der Waals surface area contributed by atoms with Crippen molar-refractivity contribution in [2.24, 2.45) is 0 Å². The van der Waals surface area contributed by atoms with Crippen LogP contribution in [-0.2, 0) is 21.7 Å². The first kappa shape index (κ1) is 25.4. The minimum atomic E-state index is -0.748. The van der Waals surface area contributed by atoms with Crippen molar-refractivity contribution in [3.8, 4) is 0 Å². The standard InChI is InChI=1S/C33H36N2O2/c1-5-13-28(14-6-1)26-36-32(25-35-23-21-34-22-24-35)27-37-33(29-15-7-2-8-16-29,30-17-9-3-10-18-30)31-19-11-4-12-20-31/h1-20,32,34H,21-27H2. The van der Waals surface area contributed by atoms with Crippen LogP contribution in [0, 0.1) is 0 Å². The summed E-state index contributed by atoms with van der Waals surface area (Å²) >= 11 is 0. The van der Waals surface area contributed by atoms with Crippen LogP contribution in [0.2, 0.25) is 0 Å². The van der Waals surface area contributed by atoms with Crippen molar-refractivity contribution >= 4 is 0 Å². The topological polar surface area (TPSA) is 33.7 Å². The van der Waals surface area contributed by atoms with Crippen LogP contribution < -0.4 is 5.32 Å². The molecule has 1 unspecified atom stereocenters. The normalized spacial score (nSPS) is 15.4. The number of hydrogen-bond acceptors (Lipinski definition) is 4. The molecule has 0 amide bonds. The van der Waals surface area contributed by atoms with E-state index in [4.69, 9.17) is 9.47 Å². The van der Waals surface area contributed by atoms with E-state index in [0.29, 0.717) is 13.2 Å². The highest BCUT2D eigenvalue weighted by atomic mass is 16.5.